The minimum absolute atomic E-state index is 0.193. The van der Waals surface area contributed by atoms with Crippen LogP contribution in [0.15, 0.2) is 114 Å². The highest BCUT2D eigenvalue weighted by molar-refractivity contribution is 5.92. The lowest BCUT2D eigenvalue weighted by atomic mass is 10.1. The predicted octanol–water partition coefficient (Wildman–Crippen LogP) is 4.84. The summed E-state index contributed by atoms with van der Waals surface area (Å²) in [5, 5.41) is 5.86. The van der Waals surface area contributed by atoms with Gasteiger partial charge in [-0.3, -0.25) is 19.3 Å². The minimum Gasteiger partial charge on any atom is -0.383 e. The van der Waals surface area contributed by atoms with Gasteiger partial charge < -0.3 is 11.1 Å². The Hall–Kier alpha value is -6.36. The molecule has 5 heterocycles. The van der Waals surface area contributed by atoms with Gasteiger partial charge in [-0.1, -0.05) is 42.5 Å². The third-order valence-electron chi connectivity index (χ3n) is 7.39. The molecule has 45 heavy (non-hydrogen) atoms. The molecule has 0 fully saturated rings. The summed E-state index contributed by atoms with van der Waals surface area (Å²) in [5.41, 5.74) is 13.3. The first-order valence-corrected chi connectivity index (χ1v) is 14.2. The Labute approximate surface area is 257 Å². The van der Waals surface area contributed by atoms with E-state index in [1.54, 1.807) is 25.3 Å². The average Bonchev–Trinajstić information content (AvgIpc) is 3.62. The SMILES string of the molecule is Cc1cc(=O)n(-c2ccc(C(=O)NCc3ccc(-n4c(-c5cccnc5N)nc5ccc(-c6ccccc6)nc54)cc3)nc2)[nH]1. The van der Waals surface area contributed by atoms with E-state index in [0.29, 0.717) is 35.1 Å². The molecule has 220 valence electrons. The van der Waals surface area contributed by atoms with Crippen molar-refractivity contribution in [3.8, 4) is 34.0 Å². The number of hydrogen-bond acceptors (Lipinski definition) is 7. The largest absolute Gasteiger partial charge is 0.383 e. The molecule has 0 radical (unpaired) electrons. The molecule has 0 aliphatic heterocycles. The Kier molecular flexibility index (Phi) is 6.95. The summed E-state index contributed by atoms with van der Waals surface area (Å²) < 4.78 is 3.35. The molecular weight excluding hydrogens is 566 g/mol. The molecule has 0 spiro atoms. The number of amides is 1. The lowest BCUT2D eigenvalue weighted by Crippen LogP contribution is -2.24. The number of aryl methyl sites for hydroxylation is 1. The summed E-state index contributed by atoms with van der Waals surface area (Å²) >= 11 is 0. The number of fused-ring (bicyclic) bond motifs is 1. The van der Waals surface area contributed by atoms with Crippen molar-refractivity contribution >= 4 is 22.9 Å². The third kappa shape index (κ3) is 5.34. The van der Waals surface area contributed by atoms with Crippen molar-refractivity contribution in [3.05, 3.63) is 137 Å². The molecule has 0 saturated heterocycles. The van der Waals surface area contributed by atoms with Gasteiger partial charge in [-0.25, -0.2) is 24.6 Å². The lowest BCUT2D eigenvalue weighted by molar-refractivity contribution is 0.0946. The van der Waals surface area contributed by atoms with Crippen LogP contribution in [0.3, 0.4) is 0 Å². The number of H-pyrrole nitrogens is 1. The molecule has 0 unspecified atom stereocenters. The Bertz CT molecular complexity index is 2220. The molecular formula is C34H27N9O2. The number of carbonyl (C=O) groups is 1. The molecule has 0 atom stereocenters. The number of anilines is 1. The summed E-state index contributed by atoms with van der Waals surface area (Å²) in [5.74, 6) is 0.669. The second kappa shape index (κ2) is 11.4. The lowest BCUT2D eigenvalue weighted by Gasteiger charge is -2.12. The van der Waals surface area contributed by atoms with Gasteiger partial charge in [-0.15, -0.1) is 0 Å². The van der Waals surface area contributed by atoms with E-state index in [2.05, 4.69) is 20.4 Å². The molecule has 11 nitrogen and oxygen atoms in total. The van der Waals surface area contributed by atoms with Gasteiger partial charge in [0.2, 0.25) is 0 Å². The van der Waals surface area contributed by atoms with E-state index >= 15 is 0 Å². The minimum atomic E-state index is -0.326. The number of rotatable bonds is 7. The number of nitrogens with one attached hydrogen (secondary N) is 2. The van der Waals surface area contributed by atoms with Crippen LogP contribution in [0.2, 0.25) is 0 Å². The Morgan fingerprint density at radius 1 is 0.889 bits per heavy atom. The van der Waals surface area contributed by atoms with E-state index in [1.807, 2.05) is 83.4 Å². The zero-order valence-electron chi connectivity index (χ0n) is 24.2. The number of nitrogens with two attached hydrogens (primary N) is 1. The van der Waals surface area contributed by atoms with Gasteiger partial charge in [-0.2, -0.15) is 0 Å². The number of imidazole rings is 1. The smallest absolute Gasteiger partial charge is 0.271 e. The summed E-state index contributed by atoms with van der Waals surface area (Å²) in [4.78, 5) is 43.3. The van der Waals surface area contributed by atoms with Crippen LogP contribution >= 0.6 is 0 Å². The van der Waals surface area contributed by atoms with Crippen LogP contribution in [0.1, 0.15) is 21.7 Å². The van der Waals surface area contributed by atoms with E-state index in [9.17, 15) is 9.59 Å². The van der Waals surface area contributed by atoms with Crippen LogP contribution in [-0.4, -0.2) is 40.2 Å². The fraction of sp³-hybridized carbons (Fsp3) is 0.0588. The number of aromatic amines is 1. The predicted molar refractivity (Wildman–Crippen MR) is 172 cm³/mol. The first kappa shape index (κ1) is 27.5. The van der Waals surface area contributed by atoms with Gasteiger partial charge in [-0.05, 0) is 61.0 Å². The topological polar surface area (TPSA) is 149 Å². The van der Waals surface area contributed by atoms with E-state index in [1.165, 1.54) is 16.9 Å². The maximum absolute atomic E-state index is 12.8. The molecule has 0 saturated carbocycles. The number of aromatic nitrogens is 7. The van der Waals surface area contributed by atoms with Crippen molar-refractivity contribution in [2.24, 2.45) is 0 Å². The van der Waals surface area contributed by atoms with E-state index in [-0.39, 0.29) is 17.2 Å². The molecule has 7 rings (SSSR count). The van der Waals surface area contributed by atoms with Crippen LogP contribution < -0.4 is 16.6 Å². The van der Waals surface area contributed by atoms with Crippen molar-refractivity contribution < 1.29 is 4.79 Å². The molecule has 0 bridgehead atoms. The van der Waals surface area contributed by atoms with E-state index < -0.39 is 0 Å². The zero-order chi connectivity index (χ0) is 30.9. The summed E-state index contributed by atoms with van der Waals surface area (Å²) in [6.45, 7) is 2.09. The summed E-state index contributed by atoms with van der Waals surface area (Å²) in [7, 11) is 0. The van der Waals surface area contributed by atoms with Gasteiger partial charge in [0.05, 0.1) is 23.1 Å². The summed E-state index contributed by atoms with van der Waals surface area (Å²) in [6, 6.07) is 30.2. The normalized spacial score (nSPS) is 11.1. The number of carbonyl (C=O) groups excluding carboxylic acids is 1. The molecule has 5 aromatic heterocycles. The highest BCUT2D eigenvalue weighted by Gasteiger charge is 2.19. The molecule has 0 aliphatic carbocycles. The van der Waals surface area contributed by atoms with Crippen molar-refractivity contribution in [3.63, 3.8) is 0 Å². The van der Waals surface area contributed by atoms with E-state index in [0.717, 1.165) is 33.7 Å². The second-order valence-electron chi connectivity index (χ2n) is 10.5. The number of nitrogens with zero attached hydrogens (tertiary/aromatic N) is 6. The van der Waals surface area contributed by atoms with Crippen molar-refractivity contribution in [1.82, 2.24) is 39.6 Å². The highest BCUT2D eigenvalue weighted by Crippen LogP contribution is 2.31. The van der Waals surface area contributed by atoms with Crippen LogP contribution in [0.5, 0.6) is 0 Å². The molecule has 2 aromatic carbocycles. The van der Waals surface area contributed by atoms with E-state index in [4.69, 9.17) is 15.7 Å². The van der Waals surface area contributed by atoms with Gasteiger partial charge in [0.25, 0.3) is 11.5 Å². The van der Waals surface area contributed by atoms with Crippen LogP contribution in [0.25, 0.3) is 45.2 Å². The fourth-order valence-corrected chi connectivity index (χ4v) is 5.15. The number of hydrogen-bond donors (Lipinski definition) is 3. The van der Waals surface area contributed by atoms with Crippen LogP contribution in [-0.2, 0) is 6.54 Å². The first-order valence-electron chi connectivity index (χ1n) is 14.2. The molecule has 11 heteroatoms. The number of pyridine rings is 3. The van der Waals surface area contributed by atoms with Gasteiger partial charge >= 0.3 is 0 Å². The van der Waals surface area contributed by atoms with Crippen molar-refractivity contribution in [1.29, 1.82) is 0 Å². The Morgan fingerprint density at radius 2 is 1.69 bits per heavy atom. The monoisotopic (exact) mass is 593 g/mol. The quantitative estimate of drug-likeness (QED) is 0.239. The van der Waals surface area contributed by atoms with Gasteiger partial charge in [0.15, 0.2) is 11.5 Å². The average molecular weight is 594 g/mol. The number of benzene rings is 2. The molecule has 4 N–H and O–H groups in total. The van der Waals surface area contributed by atoms with Gasteiger partial charge in [0, 0.05) is 35.8 Å². The van der Waals surface area contributed by atoms with Gasteiger partial charge in [0.1, 0.15) is 17.0 Å². The first-order chi connectivity index (χ1) is 21.9. The molecule has 1 amide bonds. The van der Waals surface area contributed by atoms with Crippen LogP contribution in [0.4, 0.5) is 5.82 Å². The van der Waals surface area contributed by atoms with Crippen molar-refractivity contribution in [2.45, 2.75) is 13.5 Å². The van der Waals surface area contributed by atoms with Crippen molar-refractivity contribution in [2.75, 3.05) is 5.73 Å². The van der Waals surface area contributed by atoms with Crippen LogP contribution in [0, 0.1) is 6.92 Å². The third-order valence-corrected chi connectivity index (χ3v) is 7.39. The molecule has 7 aromatic rings. The maximum atomic E-state index is 12.8. The zero-order valence-corrected chi connectivity index (χ0v) is 24.2. The molecule has 0 aliphatic rings. The Balaban J connectivity index is 1.16. The second-order valence-corrected chi connectivity index (χ2v) is 10.5. The Morgan fingerprint density at radius 3 is 2.40 bits per heavy atom. The highest BCUT2D eigenvalue weighted by atomic mass is 16.2. The summed E-state index contributed by atoms with van der Waals surface area (Å²) in [6.07, 6.45) is 3.13. The number of nitrogen functional groups attached to an aromatic ring is 1. The fourth-order valence-electron chi connectivity index (χ4n) is 5.15. The maximum Gasteiger partial charge on any atom is 0.271 e. The standard InChI is InChI=1S/C34H27N9O2/c1-21-18-30(44)43(41-21)25-13-14-29(37-20-25)34(45)38-19-22-9-11-24(12-10-22)42-32(26-8-5-17-36-31(26)35)40-28-16-15-27(39-33(28)42)23-6-3-2-4-7-23/h2-18,20,41H,19H2,1H3,(H2,35,36)(H,38,45).